The number of carboxylic acids is 1. The molecule has 0 aromatic carbocycles. The van der Waals surface area contributed by atoms with Crippen LogP contribution < -0.4 is 0 Å². The van der Waals surface area contributed by atoms with Gasteiger partial charge in [-0.25, -0.2) is 0 Å². The number of aliphatic hydroxyl groups is 5. The van der Waals surface area contributed by atoms with Gasteiger partial charge in [-0.05, 0) is 19.8 Å². The topological polar surface area (TPSA) is 165 Å². The van der Waals surface area contributed by atoms with E-state index in [0.717, 1.165) is 25.7 Å². The van der Waals surface area contributed by atoms with Gasteiger partial charge in [0, 0.05) is 0 Å². The summed E-state index contributed by atoms with van der Waals surface area (Å²) in [6.07, 6.45) is -6.64. The first-order valence-electron chi connectivity index (χ1n) is 11.4. The van der Waals surface area contributed by atoms with Gasteiger partial charge in [0.05, 0.1) is 12.2 Å². The van der Waals surface area contributed by atoms with E-state index in [9.17, 15) is 40.2 Å². The third-order valence-electron chi connectivity index (χ3n) is 6.30. The second kappa shape index (κ2) is 12.8. The minimum atomic E-state index is -2.69. The van der Waals surface area contributed by atoms with Gasteiger partial charge in [0.2, 0.25) is 0 Å². The fraction of sp³-hybridized carbons (Fsp3) is 0.909. The quantitative estimate of drug-likeness (QED) is 0.166. The molecular formula is C22H40O9. The minimum absolute atomic E-state index is 0.0130. The van der Waals surface area contributed by atoms with Crippen molar-refractivity contribution in [1.29, 1.82) is 0 Å². The van der Waals surface area contributed by atoms with Crippen LogP contribution in [0.25, 0.3) is 0 Å². The highest BCUT2D eigenvalue weighted by molar-refractivity contribution is 6.06. The van der Waals surface area contributed by atoms with Gasteiger partial charge in [0.1, 0.15) is 30.5 Å². The summed E-state index contributed by atoms with van der Waals surface area (Å²) in [5, 5.41) is 62.4. The molecule has 31 heavy (non-hydrogen) atoms. The van der Waals surface area contributed by atoms with Gasteiger partial charge in [-0.2, -0.15) is 0 Å². The Bertz CT molecular complexity index is 569. The van der Waals surface area contributed by atoms with Crippen LogP contribution >= 0.6 is 0 Å². The molecule has 0 radical (unpaired) electrons. The number of Topliss-reactive ketones (excluding diaryl/α,β-unsaturated/α-hetero) is 1. The van der Waals surface area contributed by atoms with Gasteiger partial charge < -0.3 is 35.4 Å². The van der Waals surface area contributed by atoms with E-state index < -0.39 is 59.9 Å². The number of hydrogen-bond acceptors (Lipinski definition) is 8. The molecule has 0 bridgehead atoms. The van der Waals surface area contributed by atoms with Crippen molar-refractivity contribution in [2.24, 2.45) is 5.41 Å². The fourth-order valence-electron chi connectivity index (χ4n) is 4.28. The molecule has 9 heteroatoms. The van der Waals surface area contributed by atoms with Crippen LogP contribution in [-0.2, 0) is 14.3 Å². The first-order chi connectivity index (χ1) is 14.6. The van der Waals surface area contributed by atoms with Crippen LogP contribution in [0.1, 0.15) is 78.6 Å². The van der Waals surface area contributed by atoms with E-state index in [2.05, 4.69) is 0 Å². The predicted molar refractivity (Wildman–Crippen MR) is 112 cm³/mol. The number of aliphatic hydroxyl groups excluding tert-OH is 5. The van der Waals surface area contributed by atoms with Crippen molar-refractivity contribution < 1.29 is 45.0 Å². The molecule has 0 amide bonds. The molecule has 182 valence electrons. The van der Waals surface area contributed by atoms with Gasteiger partial charge in [-0.3, -0.25) is 9.59 Å². The van der Waals surface area contributed by atoms with E-state index in [0.29, 0.717) is 19.3 Å². The lowest BCUT2D eigenvalue weighted by Gasteiger charge is -2.48. The van der Waals surface area contributed by atoms with Crippen molar-refractivity contribution in [1.82, 2.24) is 0 Å². The number of ketones is 1. The van der Waals surface area contributed by atoms with Gasteiger partial charge in [0.25, 0.3) is 0 Å². The average Bonchev–Trinajstić information content (AvgIpc) is 2.73. The summed E-state index contributed by atoms with van der Waals surface area (Å²) in [5.41, 5.74) is -2.69. The van der Waals surface area contributed by atoms with Gasteiger partial charge in [-0.1, -0.05) is 58.8 Å². The highest BCUT2D eigenvalue weighted by Crippen LogP contribution is 2.41. The summed E-state index contributed by atoms with van der Waals surface area (Å²) >= 11 is 0. The lowest BCUT2D eigenvalue weighted by atomic mass is 9.66. The van der Waals surface area contributed by atoms with E-state index in [1.54, 1.807) is 0 Å². The lowest BCUT2D eigenvalue weighted by molar-refractivity contribution is -0.257. The Morgan fingerprint density at radius 1 is 0.871 bits per heavy atom. The summed E-state index contributed by atoms with van der Waals surface area (Å²) in [7, 11) is 0. The molecule has 1 fully saturated rings. The number of carboxylic acid groups (broad SMARTS) is 1. The second-order valence-electron chi connectivity index (χ2n) is 8.65. The molecule has 0 spiro atoms. The highest BCUT2D eigenvalue weighted by Gasteiger charge is 2.64. The molecule has 8 atom stereocenters. The first kappa shape index (κ1) is 27.9. The number of aliphatic carboxylic acids is 1. The third kappa shape index (κ3) is 6.24. The number of rotatable bonds is 14. The molecule has 0 aromatic rings. The first-order valence-corrected chi connectivity index (χ1v) is 11.4. The molecule has 0 aromatic heterocycles. The summed E-state index contributed by atoms with van der Waals surface area (Å²) in [6.45, 7) is 5.30. The molecule has 1 aliphatic heterocycles. The number of hydrogen-bond donors (Lipinski definition) is 6. The van der Waals surface area contributed by atoms with E-state index in [1.165, 1.54) is 6.92 Å². The fourth-order valence-corrected chi connectivity index (χ4v) is 4.28. The van der Waals surface area contributed by atoms with Crippen LogP contribution in [0.4, 0.5) is 0 Å². The maximum absolute atomic E-state index is 13.4. The second-order valence-corrected chi connectivity index (χ2v) is 8.65. The summed E-state index contributed by atoms with van der Waals surface area (Å²) in [6, 6.07) is 0. The molecule has 0 aliphatic carbocycles. The maximum Gasteiger partial charge on any atom is 0.322 e. The van der Waals surface area contributed by atoms with Gasteiger partial charge in [-0.15, -0.1) is 0 Å². The Balaban J connectivity index is 3.34. The van der Waals surface area contributed by atoms with Crippen LogP contribution in [0.3, 0.4) is 0 Å². The molecule has 1 aliphatic rings. The summed E-state index contributed by atoms with van der Waals surface area (Å²) < 4.78 is 5.52. The van der Waals surface area contributed by atoms with Crippen LogP contribution in [0.5, 0.6) is 0 Å². The largest absolute Gasteiger partial charge is 0.480 e. The maximum atomic E-state index is 13.4. The minimum Gasteiger partial charge on any atom is -0.480 e. The van der Waals surface area contributed by atoms with E-state index >= 15 is 0 Å². The third-order valence-corrected chi connectivity index (χ3v) is 6.30. The van der Waals surface area contributed by atoms with Crippen molar-refractivity contribution in [3.8, 4) is 0 Å². The van der Waals surface area contributed by atoms with Crippen LogP contribution in [0.2, 0.25) is 0 Å². The Morgan fingerprint density at radius 2 is 1.42 bits per heavy atom. The molecule has 4 unspecified atom stereocenters. The van der Waals surface area contributed by atoms with E-state index in [-0.39, 0.29) is 12.8 Å². The standard InChI is InChI=1S/C22H40O9/c1-4-6-8-10-11-14(23)19(28)22(21(29)30,15(24)12-9-7-5-2)20-18(27)17(26)16(25)13(3)31-20/h13-18,20,23-27H,4-12H2,1-3H3,(H,29,30)/t13-,14?,15?,16-,17+,18+,20?,22?/m0/s1. The van der Waals surface area contributed by atoms with E-state index in [4.69, 9.17) is 4.74 Å². The number of ether oxygens (including phenoxy) is 1. The van der Waals surface area contributed by atoms with Crippen LogP contribution in [-0.4, -0.2) is 85.1 Å². The van der Waals surface area contributed by atoms with Crippen molar-refractivity contribution in [3.63, 3.8) is 0 Å². The molecule has 6 N–H and O–H groups in total. The molecule has 9 nitrogen and oxygen atoms in total. The molecular weight excluding hydrogens is 408 g/mol. The predicted octanol–water partition coefficient (Wildman–Crippen LogP) is 0.769. The molecule has 1 rings (SSSR count). The normalized spacial score (nSPS) is 30.4. The lowest BCUT2D eigenvalue weighted by Crippen LogP contribution is -2.69. The average molecular weight is 449 g/mol. The van der Waals surface area contributed by atoms with Crippen molar-refractivity contribution in [2.75, 3.05) is 0 Å². The summed E-state index contributed by atoms with van der Waals surface area (Å²) in [4.78, 5) is 25.9. The monoisotopic (exact) mass is 448 g/mol. The van der Waals surface area contributed by atoms with Crippen LogP contribution in [0, 0.1) is 5.41 Å². The van der Waals surface area contributed by atoms with Crippen molar-refractivity contribution >= 4 is 11.8 Å². The Kier molecular flexibility index (Phi) is 11.5. The zero-order chi connectivity index (χ0) is 23.8. The molecule has 1 saturated heterocycles. The summed E-state index contributed by atoms with van der Waals surface area (Å²) in [5.74, 6) is -2.89. The SMILES string of the molecule is CCCCCCC(O)C(=O)C(C(=O)O)(C(O)CCCCC)C1O[C@@H](C)[C@H](O)[C@@H](O)[C@H]1O. The van der Waals surface area contributed by atoms with Crippen LogP contribution in [0.15, 0.2) is 0 Å². The smallest absolute Gasteiger partial charge is 0.322 e. The van der Waals surface area contributed by atoms with Crippen molar-refractivity contribution in [3.05, 3.63) is 0 Å². The Morgan fingerprint density at radius 3 is 1.97 bits per heavy atom. The van der Waals surface area contributed by atoms with Gasteiger partial charge in [0.15, 0.2) is 11.2 Å². The van der Waals surface area contributed by atoms with E-state index in [1.807, 2.05) is 13.8 Å². The number of carbonyl (C=O) groups excluding carboxylic acids is 1. The zero-order valence-corrected chi connectivity index (χ0v) is 18.8. The van der Waals surface area contributed by atoms with Crippen molar-refractivity contribution in [2.45, 2.75) is 121 Å². The highest BCUT2D eigenvalue weighted by atomic mass is 16.5. The zero-order valence-electron chi connectivity index (χ0n) is 18.8. The van der Waals surface area contributed by atoms with Gasteiger partial charge >= 0.3 is 5.97 Å². The molecule has 1 heterocycles. The molecule has 0 saturated carbocycles. The Labute approximate surface area is 184 Å². The number of unbranched alkanes of at least 4 members (excludes halogenated alkanes) is 5. The number of carbonyl (C=O) groups is 2. The Hall–Kier alpha value is -1.10.